The number of rotatable bonds is 5. The molecular formula is C12H16O3. The molecule has 0 bridgehead atoms. The van der Waals surface area contributed by atoms with Gasteiger partial charge in [0, 0.05) is 0 Å². The zero-order chi connectivity index (χ0) is 11.3. The van der Waals surface area contributed by atoms with Crippen molar-refractivity contribution < 1.29 is 14.6 Å². The third kappa shape index (κ3) is 3.81. The Bertz CT molecular complexity index is 306. The van der Waals surface area contributed by atoms with Crippen LogP contribution in [0.1, 0.15) is 25.5 Å². The minimum atomic E-state index is -1.08. The van der Waals surface area contributed by atoms with Gasteiger partial charge in [-0.2, -0.15) is 0 Å². The van der Waals surface area contributed by atoms with Crippen molar-refractivity contribution in [1.29, 1.82) is 0 Å². The summed E-state index contributed by atoms with van der Waals surface area (Å²) in [5, 5.41) is 9.67. The van der Waals surface area contributed by atoms with E-state index in [0.717, 1.165) is 0 Å². The zero-order valence-corrected chi connectivity index (χ0v) is 9.01. The number of Topliss-reactive ketones (excluding diaryl/α,β-unsaturated/α-hetero) is 1. The van der Waals surface area contributed by atoms with Crippen LogP contribution in [0.15, 0.2) is 30.3 Å². The molecule has 0 spiro atoms. The lowest BCUT2D eigenvalue weighted by Gasteiger charge is -2.11. The Labute approximate surface area is 89.7 Å². The molecule has 1 aromatic rings. The van der Waals surface area contributed by atoms with Gasteiger partial charge in [-0.05, 0) is 19.4 Å². The predicted molar refractivity (Wildman–Crippen MR) is 57.5 cm³/mol. The Kier molecular flexibility index (Phi) is 4.46. The molecule has 1 aromatic carbocycles. The van der Waals surface area contributed by atoms with Crippen LogP contribution in [0.3, 0.4) is 0 Å². The third-order valence-corrected chi connectivity index (χ3v) is 1.98. The highest BCUT2D eigenvalue weighted by Crippen LogP contribution is 2.13. The first-order chi connectivity index (χ1) is 7.11. The fraction of sp³-hybridized carbons (Fsp3) is 0.417. The van der Waals surface area contributed by atoms with E-state index in [9.17, 15) is 9.90 Å². The van der Waals surface area contributed by atoms with E-state index in [-0.39, 0.29) is 18.5 Å². The normalized spacial score (nSPS) is 12.8. The van der Waals surface area contributed by atoms with Crippen molar-refractivity contribution >= 4 is 5.78 Å². The summed E-state index contributed by atoms with van der Waals surface area (Å²) in [4.78, 5) is 11.5. The number of hydrogen-bond donors (Lipinski definition) is 1. The monoisotopic (exact) mass is 208 g/mol. The second-order valence-corrected chi connectivity index (χ2v) is 3.64. The second kappa shape index (κ2) is 5.63. The summed E-state index contributed by atoms with van der Waals surface area (Å²) in [6.45, 7) is 3.65. The van der Waals surface area contributed by atoms with Crippen LogP contribution in [0, 0.1) is 0 Å². The van der Waals surface area contributed by atoms with E-state index in [0.29, 0.717) is 5.56 Å². The molecule has 1 rings (SSSR count). The van der Waals surface area contributed by atoms with Crippen LogP contribution in [-0.4, -0.2) is 23.6 Å². The van der Waals surface area contributed by atoms with Crippen molar-refractivity contribution in [2.75, 3.05) is 6.61 Å². The first kappa shape index (κ1) is 11.9. The molecule has 1 unspecified atom stereocenters. The molecule has 0 radical (unpaired) electrons. The van der Waals surface area contributed by atoms with Crippen molar-refractivity contribution in [2.45, 2.75) is 26.1 Å². The van der Waals surface area contributed by atoms with Crippen molar-refractivity contribution in [1.82, 2.24) is 0 Å². The van der Waals surface area contributed by atoms with Crippen LogP contribution >= 0.6 is 0 Å². The highest BCUT2D eigenvalue weighted by atomic mass is 16.5. The maximum atomic E-state index is 11.5. The lowest BCUT2D eigenvalue weighted by molar-refractivity contribution is -0.133. The summed E-state index contributed by atoms with van der Waals surface area (Å²) in [6.07, 6.45) is -1.08. The first-order valence-corrected chi connectivity index (χ1v) is 4.98. The van der Waals surface area contributed by atoms with E-state index in [2.05, 4.69) is 0 Å². The molecular weight excluding hydrogens is 192 g/mol. The molecule has 1 atom stereocenters. The average molecular weight is 208 g/mol. The van der Waals surface area contributed by atoms with E-state index in [4.69, 9.17) is 4.74 Å². The first-order valence-electron chi connectivity index (χ1n) is 4.98. The van der Waals surface area contributed by atoms with E-state index in [1.165, 1.54) is 0 Å². The minimum absolute atomic E-state index is 0.00285. The average Bonchev–Trinajstić information content (AvgIpc) is 2.26. The molecule has 0 amide bonds. The fourth-order valence-corrected chi connectivity index (χ4v) is 1.15. The molecule has 0 saturated heterocycles. The Morgan fingerprint density at radius 3 is 2.47 bits per heavy atom. The predicted octanol–water partition coefficient (Wildman–Crippen LogP) is 1.71. The van der Waals surface area contributed by atoms with Gasteiger partial charge in [-0.15, -0.1) is 0 Å². The quantitative estimate of drug-likeness (QED) is 0.801. The molecule has 3 heteroatoms. The van der Waals surface area contributed by atoms with Crippen LogP contribution < -0.4 is 0 Å². The summed E-state index contributed by atoms with van der Waals surface area (Å²) >= 11 is 0. The van der Waals surface area contributed by atoms with Crippen LogP contribution in [-0.2, 0) is 9.53 Å². The lowest BCUT2D eigenvalue weighted by Crippen LogP contribution is -2.20. The van der Waals surface area contributed by atoms with Gasteiger partial charge >= 0.3 is 0 Å². The van der Waals surface area contributed by atoms with Gasteiger partial charge in [0.05, 0.1) is 6.10 Å². The minimum Gasteiger partial charge on any atom is -0.380 e. The molecule has 0 aromatic heterocycles. The molecule has 0 heterocycles. The topological polar surface area (TPSA) is 46.5 Å². The number of benzene rings is 1. The van der Waals surface area contributed by atoms with Crippen molar-refractivity contribution in [3.05, 3.63) is 35.9 Å². The van der Waals surface area contributed by atoms with Gasteiger partial charge in [-0.25, -0.2) is 0 Å². The highest BCUT2D eigenvalue weighted by Gasteiger charge is 2.17. The van der Waals surface area contributed by atoms with Gasteiger partial charge in [0.25, 0.3) is 0 Å². The van der Waals surface area contributed by atoms with E-state index in [1.54, 1.807) is 24.3 Å². The fourth-order valence-electron chi connectivity index (χ4n) is 1.15. The number of aliphatic hydroxyl groups is 1. The van der Waals surface area contributed by atoms with Crippen LogP contribution in [0.2, 0.25) is 0 Å². The maximum Gasteiger partial charge on any atom is 0.191 e. The maximum absolute atomic E-state index is 11.5. The van der Waals surface area contributed by atoms with E-state index >= 15 is 0 Å². The van der Waals surface area contributed by atoms with E-state index in [1.807, 2.05) is 19.9 Å². The van der Waals surface area contributed by atoms with Gasteiger partial charge in [-0.1, -0.05) is 30.3 Å². The Hall–Kier alpha value is -1.19. The van der Waals surface area contributed by atoms with Gasteiger partial charge in [0.1, 0.15) is 12.7 Å². The number of hydrogen-bond acceptors (Lipinski definition) is 3. The molecule has 82 valence electrons. The number of ether oxygens (including phenoxy) is 1. The Morgan fingerprint density at radius 1 is 1.33 bits per heavy atom. The molecule has 0 aliphatic rings. The molecule has 1 N–H and O–H groups in total. The molecule has 0 fully saturated rings. The van der Waals surface area contributed by atoms with Crippen molar-refractivity contribution in [3.63, 3.8) is 0 Å². The van der Waals surface area contributed by atoms with Crippen LogP contribution in [0.5, 0.6) is 0 Å². The summed E-state index contributed by atoms with van der Waals surface area (Å²) in [7, 11) is 0. The zero-order valence-electron chi connectivity index (χ0n) is 9.01. The summed E-state index contributed by atoms with van der Waals surface area (Å²) in [5.41, 5.74) is 0.606. The third-order valence-electron chi connectivity index (χ3n) is 1.98. The molecule has 3 nitrogen and oxygen atoms in total. The number of aliphatic hydroxyl groups excluding tert-OH is 1. The largest absolute Gasteiger partial charge is 0.380 e. The molecule has 15 heavy (non-hydrogen) atoms. The van der Waals surface area contributed by atoms with Crippen LogP contribution in [0.25, 0.3) is 0 Å². The van der Waals surface area contributed by atoms with Gasteiger partial charge in [0.2, 0.25) is 0 Å². The van der Waals surface area contributed by atoms with Gasteiger partial charge in [0.15, 0.2) is 5.78 Å². The smallest absolute Gasteiger partial charge is 0.191 e. The lowest BCUT2D eigenvalue weighted by atomic mass is 10.1. The summed E-state index contributed by atoms with van der Waals surface area (Å²) < 4.78 is 5.14. The van der Waals surface area contributed by atoms with Crippen molar-refractivity contribution in [3.8, 4) is 0 Å². The Balaban J connectivity index is 2.54. The number of ketones is 1. The highest BCUT2D eigenvalue weighted by molar-refractivity contribution is 5.85. The SMILES string of the molecule is CC(C)OCC(=O)C(O)c1ccccc1. The summed E-state index contributed by atoms with van der Waals surface area (Å²) in [5.74, 6) is -0.310. The van der Waals surface area contributed by atoms with Gasteiger partial charge < -0.3 is 9.84 Å². The second-order valence-electron chi connectivity index (χ2n) is 3.64. The Morgan fingerprint density at radius 2 is 1.93 bits per heavy atom. The number of carbonyl (C=O) groups excluding carboxylic acids is 1. The molecule has 0 aliphatic carbocycles. The number of carbonyl (C=O) groups is 1. The standard InChI is InChI=1S/C12H16O3/c1-9(2)15-8-11(13)12(14)10-6-4-3-5-7-10/h3-7,9,12,14H,8H2,1-2H3. The van der Waals surface area contributed by atoms with E-state index < -0.39 is 6.10 Å². The van der Waals surface area contributed by atoms with Crippen LogP contribution in [0.4, 0.5) is 0 Å². The molecule has 0 saturated carbocycles. The van der Waals surface area contributed by atoms with Gasteiger partial charge in [-0.3, -0.25) is 4.79 Å². The summed E-state index contributed by atoms with van der Waals surface area (Å²) in [6, 6.07) is 8.85. The van der Waals surface area contributed by atoms with Crippen molar-refractivity contribution in [2.24, 2.45) is 0 Å². The molecule has 0 aliphatic heterocycles.